The van der Waals surface area contributed by atoms with Crippen LogP contribution in [0.4, 0.5) is 0 Å². The number of aryl methyl sites for hydroxylation is 1. The Morgan fingerprint density at radius 1 is 1.40 bits per heavy atom. The Bertz CT molecular complexity index is 597. The molecule has 1 aromatic heterocycles. The van der Waals surface area contributed by atoms with E-state index < -0.39 is 6.10 Å². The molecular weight excluding hydrogens is 294 g/mol. The molecule has 2 rings (SSSR count). The highest BCUT2D eigenvalue weighted by Gasteiger charge is 2.13. The summed E-state index contributed by atoms with van der Waals surface area (Å²) in [5.41, 5.74) is 1.83. The van der Waals surface area contributed by atoms with Gasteiger partial charge in [-0.15, -0.1) is 11.3 Å². The minimum absolute atomic E-state index is 0.147. The number of carbonyl (C=O) groups is 1. The van der Waals surface area contributed by atoms with Crippen molar-refractivity contribution in [3.8, 4) is 0 Å². The number of thiophene rings is 1. The van der Waals surface area contributed by atoms with Crippen LogP contribution in [-0.4, -0.2) is 17.6 Å². The van der Waals surface area contributed by atoms with Gasteiger partial charge in [-0.3, -0.25) is 4.79 Å². The Hall–Kier alpha value is -1.36. The van der Waals surface area contributed by atoms with Crippen LogP contribution >= 0.6 is 22.9 Å². The lowest BCUT2D eigenvalue weighted by Crippen LogP contribution is -2.29. The van der Waals surface area contributed by atoms with E-state index in [-0.39, 0.29) is 18.9 Å². The summed E-state index contributed by atoms with van der Waals surface area (Å²) in [5, 5.41) is 15.3. The van der Waals surface area contributed by atoms with E-state index in [1.807, 2.05) is 36.6 Å². The predicted molar refractivity (Wildman–Crippen MR) is 82.2 cm³/mol. The average molecular weight is 310 g/mol. The fourth-order valence-corrected chi connectivity index (χ4v) is 3.02. The third-order valence-electron chi connectivity index (χ3n) is 3.01. The summed E-state index contributed by atoms with van der Waals surface area (Å²) in [5.74, 6) is -0.147. The molecule has 1 atom stereocenters. The number of halogens is 1. The molecule has 0 aliphatic carbocycles. The summed E-state index contributed by atoms with van der Waals surface area (Å²) < 4.78 is 0. The van der Waals surface area contributed by atoms with Gasteiger partial charge in [0.25, 0.3) is 0 Å². The van der Waals surface area contributed by atoms with Crippen molar-refractivity contribution < 1.29 is 9.90 Å². The van der Waals surface area contributed by atoms with Crippen LogP contribution in [0.3, 0.4) is 0 Å². The molecule has 1 amide bonds. The lowest BCUT2D eigenvalue weighted by atomic mass is 10.1. The van der Waals surface area contributed by atoms with Crippen molar-refractivity contribution in [1.82, 2.24) is 5.32 Å². The number of carbonyl (C=O) groups excluding carboxylic acids is 1. The standard InChI is InChI=1S/C15H16ClNO2S/c1-10-6-7-20-15(10)13(18)9-17-14(19)8-11-4-2-3-5-12(11)16/h2-7,13,18H,8-9H2,1H3,(H,17,19)/t13-/m1/s1. The van der Waals surface area contributed by atoms with E-state index in [1.54, 1.807) is 6.07 Å². The molecule has 5 heteroatoms. The number of aliphatic hydroxyl groups excluding tert-OH is 1. The maximum atomic E-state index is 11.8. The Kier molecular flexibility index (Phi) is 5.17. The van der Waals surface area contributed by atoms with Crippen LogP contribution in [0.15, 0.2) is 35.7 Å². The third-order valence-corrected chi connectivity index (χ3v) is 4.49. The minimum Gasteiger partial charge on any atom is -0.386 e. The summed E-state index contributed by atoms with van der Waals surface area (Å²) in [6, 6.07) is 9.20. The van der Waals surface area contributed by atoms with E-state index >= 15 is 0 Å². The van der Waals surface area contributed by atoms with Gasteiger partial charge in [-0.2, -0.15) is 0 Å². The van der Waals surface area contributed by atoms with E-state index in [1.165, 1.54) is 11.3 Å². The fourth-order valence-electron chi connectivity index (χ4n) is 1.91. The zero-order chi connectivity index (χ0) is 14.5. The molecule has 0 spiro atoms. The highest BCUT2D eigenvalue weighted by atomic mass is 35.5. The maximum Gasteiger partial charge on any atom is 0.224 e. The summed E-state index contributed by atoms with van der Waals surface area (Å²) in [7, 11) is 0. The highest BCUT2D eigenvalue weighted by molar-refractivity contribution is 7.10. The van der Waals surface area contributed by atoms with E-state index in [4.69, 9.17) is 11.6 Å². The second-order valence-electron chi connectivity index (χ2n) is 4.56. The normalized spacial score (nSPS) is 12.2. The Morgan fingerprint density at radius 2 is 2.15 bits per heavy atom. The molecule has 0 saturated carbocycles. The SMILES string of the molecule is Cc1ccsc1[C@H](O)CNC(=O)Cc1ccccc1Cl. The van der Waals surface area contributed by atoms with Gasteiger partial charge in [0, 0.05) is 16.4 Å². The number of benzene rings is 1. The first kappa shape index (κ1) is 15.0. The van der Waals surface area contributed by atoms with Crippen molar-refractivity contribution in [2.24, 2.45) is 0 Å². The second-order valence-corrected chi connectivity index (χ2v) is 5.91. The molecular formula is C15H16ClNO2S. The van der Waals surface area contributed by atoms with Crippen molar-refractivity contribution >= 4 is 28.8 Å². The predicted octanol–water partition coefficient (Wildman–Crippen LogP) is 3.10. The zero-order valence-corrected chi connectivity index (χ0v) is 12.7. The summed E-state index contributed by atoms with van der Waals surface area (Å²) >= 11 is 7.50. The van der Waals surface area contributed by atoms with E-state index in [9.17, 15) is 9.90 Å². The lowest BCUT2D eigenvalue weighted by molar-refractivity contribution is -0.120. The highest BCUT2D eigenvalue weighted by Crippen LogP contribution is 2.23. The van der Waals surface area contributed by atoms with Crippen LogP contribution < -0.4 is 5.32 Å². The Labute approximate surface area is 127 Å². The first-order valence-electron chi connectivity index (χ1n) is 6.30. The van der Waals surface area contributed by atoms with Gasteiger partial charge in [-0.05, 0) is 35.6 Å². The van der Waals surface area contributed by atoms with Gasteiger partial charge in [-0.25, -0.2) is 0 Å². The third kappa shape index (κ3) is 3.82. The first-order valence-corrected chi connectivity index (χ1v) is 7.56. The molecule has 0 radical (unpaired) electrons. The van der Waals surface area contributed by atoms with Crippen LogP contribution in [-0.2, 0) is 11.2 Å². The molecule has 3 nitrogen and oxygen atoms in total. The molecule has 106 valence electrons. The van der Waals surface area contributed by atoms with E-state index in [0.717, 1.165) is 16.0 Å². The van der Waals surface area contributed by atoms with E-state index in [0.29, 0.717) is 5.02 Å². The number of amides is 1. The van der Waals surface area contributed by atoms with Crippen molar-refractivity contribution in [2.45, 2.75) is 19.4 Å². The van der Waals surface area contributed by atoms with Gasteiger partial charge < -0.3 is 10.4 Å². The molecule has 1 aromatic carbocycles. The van der Waals surface area contributed by atoms with Gasteiger partial charge in [0.2, 0.25) is 5.91 Å². The number of nitrogens with one attached hydrogen (secondary N) is 1. The Balaban J connectivity index is 1.87. The molecule has 2 N–H and O–H groups in total. The van der Waals surface area contributed by atoms with Crippen molar-refractivity contribution in [3.05, 3.63) is 56.7 Å². The molecule has 0 aliphatic heterocycles. The van der Waals surface area contributed by atoms with Crippen LogP contribution in [0.1, 0.15) is 22.1 Å². The maximum absolute atomic E-state index is 11.8. The van der Waals surface area contributed by atoms with Crippen LogP contribution in [0.2, 0.25) is 5.02 Å². The van der Waals surface area contributed by atoms with Gasteiger partial charge in [0.1, 0.15) is 6.10 Å². The number of aliphatic hydroxyl groups is 1. The van der Waals surface area contributed by atoms with Crippen LogP contribution in [0.5, 0.6) is 0 Å². The van der Waals surface area contributed by atoms with Crippen molar-refractivity contribution in [3.63, 3.8) is 0 Å². The molecule has 0 aliphatic rings. The number of hydrogen-bond acceptors (Lipinski definition) is 3. The monoisotopic (exact) mass is 309 g/mol. The topological polar surface area (TPSA) is 49.3 Å². The van der Waals surface area contributed by atoms with Gasteiger partial charge in [-0.1, -0.05) is 29.8 Å². The first-order chi connectivity index (χ1) is 9.58. The quantitative estimate of drug-likeness (QED) is 0.891. The molecule has 0 unspecified atom stereocenters. The number of rotatable bonds is 5. The molecule has 1 heterocycles. The summed E-state index contributed by atoms with van der Waals surface area (Å²) in [4.78, 5) is 12.7. The van der Waals surface area contributed by atoms with Crippen molar-refractivity contribution in [1.29, 1.82) is 0 Å². The molecule has 20 heavy (non-hydrogen) atoms. The van der Waals surface area contributed by atoms with Gasteiger partial charge in [0.15, 0.2) is 0 Å². The summed E-state index contributed by atoms with van der Waals surface area (Å²) in [6.45, 7) is 2.16. The van der Waals surface area contributed by atoms with Gasteiger partial charge >= 0.3 is 0 Å². The molecule has 0 fully saturated rings. The lowest BCUT2D eigenvalue weighted by Gasteiger charge is -2.12. The second kappa shape index (κ2) is 6.88. The van der Waals surface area contributed by atoms with Gasteiger partial charge in [0.05, 0.1) is 6.42 Å². The minimum atomic E-state index is -0.662. The fraction of sp³-hybridized carbons (Fsp3) is 0.267. The van der Waals surface area contributed by atoms with E-state index in [2.05, 4.69) is 5.32 Å². The smallest absolute Gasteiger partial charge is 0.224 e. The van der Waals surface area contributed by atoms with Crippen LogP contribution in [0.25, 0.3) is 0 Å². The molecule has 0 saturated heterocycles. The number of hydrogen-bond donors (Lipinski definition) is 2. The average Bonchev–Trinajstić information content (AvgIpc) is 2.85. The molecule has 2 aromatic rings. The zero-order valence-electron chi connectivity index (χ0n) is 11.1. The summed E-state index contributed by atoms with van der Waals surface area (Å²) in [6.07, 6.45) is -0.444. The molecule has 0 bridgehead atoms. The Morgan fingerprint density at radius 3 is 2.80 bits per heavy atom. The largest absolute Gasteiger partial charge is 0.386 e. The van der Waals surface area contributed by atoms with Crippen molar-refractivity contribution in [2.75, 3.05) is 6.54 Å². The van der Waals surface area contributed by atoms with Crippen LogP contribution in [0, 0.1) is 6.92 Å².